The summed E-state index contributed by atoms with van der Waals surface area (Å²) in [4.78, 5) is 25.1. The minimum atomic E-state index is -4.04. The molecule has 0 aliphatic heterocycles. The van der Waals surface area contributed by atoms with E-state index >= 15 is 0 Å². The molecule has 4 N–H and O–H groups in total. The van der Waals surface area contributed by atoms with Crippen LogP contribution in [0.2, 0.25) is 0 Å². The standard InChI is InChI=1S/C28H25BrN4O7S2/c1-18-9-14-25(29)26(15-18)33-42(38,39)24-8-4-6-20(17-24)28(35)31-30-27(34)19-5-3-7-23(16-19)41(36,37)32-21-10-12-22(40-2)13-11-21/h3-17,32-33H,1-2H3,(H,30,34)(H,31,35). The van der Waals surface area contributed by atoms with E-state index in [0.29, 0.717) is 21.6 Å². The van der Waals surface area contributed by atoms with Gasteiger partial charge in [-0.1, -0.05) is 18.2 Å². The molecule has 0 bridgehead atoms. The van der Waals surface area contributed by atoms with E-state index in [0.717, 1.165) is 17.7 Å². The van der Waals surface area contributed by atoms with Crippen molar-refractivity contribution in [2.75, 3.05) is 16.6 Å². The molecule has 0 saturated heterocycles. The van der Waals surface area contributed by atoms with Gasteiger partial charge in [-0.25, -0.2) is 16.8 Å². The van der Waals surface area contributed by atoms with Gasteiger partial charge in [-0.2, -0.15) is 0 Å². The van der Waals surface area contributed by atoms with Crippen LogP contribution in [-0.4, -0.2) is 35.8 Å². The number of anilines is 2. The van der Waals surface area contributed by atoms with Crippen molar-refractivity contribution in [3.63, 3.8) is 0 Å². The smallest absolute Gasteiger partial charge is 0.269 e. The number of hydrogen-bond donors (Lipinski definition) is 4. The topological polar surface area (TPSA) is 160 Å². The number of benzene rings is 4. The number of aryl methyl sites for hydroxylation is 1. The molecule has 0 aliphatic rings. The number of sulfonamides is 2. The lowest BCUT2D eigenvalue weighted by Gasteiger charge is -2.12. The molecule has 0 spiro atoms. The highest BCUT2D eigenvalue weighted by Crippen LogP contribution is 2.26. The van der Waals surface area contributed by atoms with E-state index in [2.05, 4.69) is 36.2 Å². The maximum atomic E-state index is 13.0. The number of nitrogens with one attached hydrogen (secondary N) is 4. The first kappa shape index (κ1) is 30.6. The van der Waals surface area contributed by atoms with Crippen molar-refractivity contribution < 1.29 is 31.2 Å². The van der Waals surface area contributed by atoms with Crippen molar-refractivity contribution in [2.45, 2.75) is 16.7 Å². The van der Waals surface area contributed by atoms with Crippen LogP contribution < -0.4 is 25.0 Å². The summed E-state index contributed by atoms with van der Waals surface area (Å²) in [6, 6.07) is 21.9. The fourth-order valence-electron chi connectivity index (χ4n) is 3.66. The largest absolute Gasteiger partial charge is 0.497 e. The van der Waals surface area contributed by atoms with Gasteiger partial charge in [-0.05, 0) is 101 Å². The summed E-state index contributed by atoms with van der Waals surface area (Å²) < 4.78 is 62.1. The maximum absolute atomic E-state index is 13.0. The molecule has 0 radical (unpaired) electrons. The van der Waals surface area contributed by atoms with Crippen LogP contribution in [0.25, 0.3) is 0 Å². The van der Waals surface area contributed by atoms with Crippen LogP contribution in [0.3, 0.4) is 0 Å². The number of carbonyl (C=O) groups excluding carboxylic acids is 2. The predicted molar refractivity (Wildman–Crippen MR) is 161 cm³/mol. The van der Waals surface area contributed by atoms with E-state index in [-0.39, 0.29) is 20.9 Å². The van der Waals surface area contributed by atoms with Crippen LogP contribution in [0.5, 0.6) is 5.75 Å². The molecule has 14 heteroatoms. The van der Waals surface area contributed by atoms with Crippen LogP contribution in [-0.2, 0) is 20.0 Å². The van der Waals surface area contributed by atoms with Gasteiger partial charge in [0.2, 0.25) is 0 Å². The van der Waals surface area contributed by atoms with Crippen molar-refractivity contribution in [3.05, 3.63) is 112 Å². The van der Waals surface area contributed by atoms with Crippen LogP contribution >= 0.6 is 15.9 Å². The molecule has 4 aromatic rings. The second-order valence-corrected chi connectivity index (χ2v) is 13.1. The van der Waals surface area contributed by atoms with Crippen LogP contribution in [0.1, 0.15) is 26.3 Å². The molecule has 0 heterocycles. The number of halogens is 1. The number of hydrazine groups is 1. The summed E-state index contributed by atoms with van der Waals surface area (Å²) >= 11 is 3.31. The highest BCUT2D eigenvalue weighted by atomic mass is 79.9. The van der Waals surface area contributed by atoms with E-state index in [9.17, 15) is 26.4 Å². The van der Waals surface area contributed by atoms with Crippen molar-refractivity contribution in [1.29, 1.82) is 0 Å². The van der Waals surface area contributed by atoms with Gasteiger partial charge in [-0.3, -0.25) is 29.9 Å². The van der Waals surface area contributed by atoms with Gasteiger partial charge in [0.15, 0.2) is 0 Å². The SMILES string of the molecule is COc1ccc(NS(=O)(=O)c2cccc(C(=O)NNC(=O)c3cccc(S(=O)(=O)Nc4cc(C)ccc4Br)c3)c2)cc1. The fraction of sp³-hybridized carbons (Fsp3) is 0.0714. The fourth-order valence-corrected chi connectivity index (χ4v) is 6.36. The number of ether oxygens (including phenoxy) is 1. The molecular weight excluding hydrogens is 648 g/mol. The Labute approximate surface area is 251 Å². The van der Waals surface area contributed by atoms with Crippen LogP contribution in [0.4, 0.5) is 11.4 Å². The van der Waals surface area contributed by atoms with Gasteiger partial charge in [0.1, 0.15) is 5.75 Å². The Morgan fingerprint density at radius 1 is 0.690 bits per heavy atom. The van der Waals surface area contributed by atoms with Gasteiger partial charge in [0, 0.05) is 21.3 Å². The lowest BCUT2D eigenvalue weighted by Crippen LogP contribution is -2.41. The summed E-state index contributed by atoms with van der Waals surface area (Å²) in [6.07, 6.45) is 0. The molecular formula is C28H25BrN4O7S2. The molecule has 4 aromatic carbocycles. The molecule has 11 nitrogen and oxygen atoms in total. The Morgan fingerprint density at radius 3 is 1.74 bits per heavy atom. The predicted octanol–water partition coefficient (Wildman–Crippen LogP) is 4.44. The second-order valence-electron chi connectivity index (χ2n) is 8.89. The lowest BCUT2D eigenvalue weighted by atomic mass is 10.2. The summed E-state index contributed by atoms with van der Waals surface area (Å²) in [6.45, 7) is 1.82. The third-order valence-corrected chi connectivity index (χ3v) is 9.24. The zero-order valence-electron chi connectivity index (χ0n) is 22.2. The lowest BCUT2D eigenvalue weighted by molar-refractivity contribution is 0.0846. The van der Waals surface area contributed by atoms with E-state index in [1.165, 1.54) is 55.6 Å². The molecule has 0 unspecified atom stereocenters. The third-order valence-electron chi connectivity index (χ3n) is 5.81. The monoisotopic (exact) mass is 672 g/mol. The molecule has 0 atom stereocenters. The van der Waals surface area contributed by atoms with Gasteiger partial charge >= 0.3 is 0 Å². The van der Waals surface area contributed by atoms with Gasteiger partial charge in [0.05, 0.1) is 22.6 Å². The average Bonchev–Trinajstić information content (AvgIpc) is 2.98. The van der Waals surface area contributed by atoms with E-state index in [1.807, 2.05) is 13.0 Å². The minimum absolute atomic E-state index is 0.0403. The number of carbonyl (C=O) groups is 2. The second kappa shape index (κ2) is 12.6. The Bertz CT molecular complexity index is 1860. The van der Waals surface area contributed by atoms with Gasteiger partial charge in [0.25, 0.3) is 31.9 Å². The number of methoxy groups -OCH3 is 1. The first-order valence-corrected chi connectivity index (χ1v) is 15.9. The van der Waals surface area contributed by atoms with Gasteiger partial charge < -0.3 is 4.74 Å². The molecule has 2 amide bonds. The summed E-state index contributed by atoms with van der Waals surface area (Å²) in [5, 5.41) is 0. The third kappa shape index (κ3) is 7.46. The molecule has 42 heavy (non-hydrogen) atoms. The summed E-state index contributed by atoms with van der Waals surface area (Å²) in [7, 11) is -6.59. The quantitative estimate of drug-likeness (QED) is 0.191. The first-order chi connectivity index (χ1) is 19.9. The Hall–Kier alpha value is -4.40. The van der Waals surface area contributed by atoms with Crippen molar-refractivity contribution in [1.82, 2.24) is 10.9 Å². The summed E-state index contributed by atoms with van der Waals surface area (Å²) in [5.74, 6) is -1.03. The Kier molecular flexibility index (Phi) is 9.19. The van der Waals surface area contributed by atoms with E-state index in [1.54, 1.807) is 24.3 Å². The highest BCUT2D eigenvalue weighted by molar-refractivity contribution is 9.10. The van der Waals surface area contributed by atoms with E-state index in [4.69, 9.17) is 4.74 Å². The number of rotatable bonds is 9. The molecule has 0 aromatic heterocycles. The van der Waals surface area contributed by atoms with Crippen molar-refractivity contribution >= 4 is 59.2 Å². The maximum Gasteiger partial charge on any atom is 0.269 e. The Balaban J connectivity index is 1.43. The molecule has 4 rings (SSSR count). The molecule has 0 fully saturated rings. The molecule has 218 valence electrons. The summed E-state index contributed by atoms with van der Waals surface area (Å²) in [5.41, 5.74) is 5.81. The van der Waals surface area contributed by atoms with E-state index < -0.39 is 31.9 Å². The van der Waals surface area contributed by atoms with Gasteiger partial charge in [-0.15, -0.1) is 0 Å². The van der Waals surface area contributed by atoms with Crippen LogP contribution in [0.15, 0.2) is 105 Å². The normalized spacial score (nSPS) is 11.3. The zero-order valence-corrected chi connectivity index (χ0v) is 25.4. The Morgan fingerprint density at radius 2 is 1.21 bits per heavy atom. The van der Waals surface area contributed by atoms with Crippen molar-refractivity contribution in [2.24, 2.45) is 0 Å². The average molecular weight is 674 g/mol. The molecule has 0 saturated carbocycles. The van der Waals surface area contributed by atoms with Crippen LogP contribution in [0, 0.1) is 6.92 Å². The minimum Gasteiger partial charge on any atom is -0.497 e. The highest BCUT2D eigenvalue weighted by Gasteiger charge is 2.20. The number of amides is 2. The number of hydrogen-bond acceptors (Lipinski definition) is 7. The zero-order chi connectivity index (χ0) is 30.5. The molecule has 0 aliphatic carbocycles. The first-order valence-electron chi connectivity index (χ1n) is 12.1. The van der Waals surface area contributed by atoms with Crippen molar-refractivity contribution in [3.8, 4) is 5.75 Å².